The van der Waals surface area contributed by atoms with Gasteiger partial charge in [0.1, 0.15) is 5.82 Å². The first-order chi connectivity index (χ1) is 14.4. The van der Waals surface area contributed by atoms with Crippen LogP contribution in [-0.2, 0) is 9.53 Å². The summed E-state index contributed by atoms with van der Waals surface area (Å²) >= 11 is 0. The smallest absolute Gasteiger partial charge is 0.239 e. The molecule has 0 radical (unpaired) electrons. The molecule has 7 nitrogen and oxygen atoms in total. The molecule has 1 saturated heterocycles. The van der Waals surface area contributed by atoms with Crippen molar-refractivity contribution in [2.75, 3.05) is 38.2 Å². The predicted octanol–water partition coefficient (Wildman–Crippen LogP) is 1.96. The second-order valence-electron chi connectivity index (χ2n) is 5.86. The van der Waals surface area contributed by atoms with E-state index in [4.69, 9.17) is 10.2 Å². The molecule has 132 valence electrons. The summed E-state index contributed by atoms with van der Waals surface area (Å²) < 4.78 is 36.7. The van der Waals surface area contributed by atoms with Crippen LogP contribution >= 0.6 is 0 Å². The number of nitrogens with zero attached hydrogens (tertiary/aromatic N) is 4. The number of rotatable bonds is 4. The Bertz CT molecular complexity index is 1120. The van der Waals surface area contributed by atoms with E-state index in [1.54, 1.807) is 24.4 Å². The van der Waals surface area contributed by atoms with Crippen LogP contribution in [0.5, 0.6) is 0 Å². The number of pyridine rings is 3. The first-order valence-corrected chi connectivity index (χ1v) is 8.24. The van der Waals surface area contributed by atoms with E-state index in [0.717, 1.165) is 5.39 Å². The van der Waals surface area contributed by atoms with E-state index >= 15 is 0 Å². The van der Waals surface area contributed by atoms with Gasteiger partial charge in [0, 0.05) is 48.6 Å². The van der Waals surface area contributed by atoms with Crippen LogP contribution in [-0.4, -0.2) is 58.6 Å². The molecule has 1 aliphatic rings. The van der Waals surface area contributed by atoms with Crippen molar-refractivity contribution >= 4 is 22.6 Å². The molecule has 0 aromatic carbocycles. The highest BCUT2D eigenvalue weighted by Gasteiger charge is 2.14. The van der Waals surface area contributed by atoms with E-state index in [9.17, 15) is 4.79 Å². The predicted molar refractivity (Wildman–Crippen MR) is 98.7 cm³/mol. The van der Waals surface area contributed by atoms with Crippen molar-refractivity contribution in [2.24, 2.45) is 0 Å². The van der Waals surface area contributed by atoms with E-state index in [1.807, 2.05) is 4.90 Å². The van der Waals surface area contributed by atoms with Gasteiger partial charge in [-0.25, -0.2) is 9.97 Å². The maximum Gasteiger partial charge on any atom is 0.239 e. The minimum absolute atomic E-state index is 0.0904. The molecule has 1 N–H and O–H groups in total. The van der Waals surface area contributed by atoms with Crippen molar-refractivity contribution in [1.82, 2.24) is 19.9 Å². The molecule has 4 heterocycles. The summed E-state index contributed by atoms with van der Waals surface area (Å²) in [6.45, 7) is 2.88. The third-order valence-corrected chi connectivity index (χ3v) is 4.04. The summed E-state index contributed by atoms with van der Waals surface area (Å²) in [4.78, 5) is 26.7. The van der Waals surface area contributed by atoms with Crippen molar-refractivity contribution < 1.29 is 15.0 Å². The minimum atomic E-state index is -0.413. The number of fused-ring (bicyclic) bond motifs is 1. The first-order valence-electron chi connectivity index (χ1n) is 10.2. The van der Waals surface area contributed by atoms with Crippen molar-refractivity contribution in [2.45, 2.75) is 0 Å². The zero-order valence-electron chi connectivity index (χ0n) is 18.0. The lowest BCUT2D eigenvalue weighted by Crippen LogP contribution is -2.41. The van der Waals surface area contributed by atoms with E-state index in [2.05, 4.69) is 20.3 Å². The van der Waals surface area contributed by atoms with Gasteiger partial charge in [0.15, 0.2) is 0 Å². The fourth-order valence-electron chi connectivity index (χ4n) is 2.72. The Morgan fingerprint density at radius 3 is 3.12 bits per heavy atom. The van der Waals surface area contributed by atoms with Crippen LogP contribution in [0.25, 0.3) is 22.2 Å². The summed E-state index contributed by atoms with van der Waals surface area (Å²) in [5, 5.41) is 3.49. The monoisotopic (exact) mass is 353 g/mol. The highest BCUT2D eigenvalue weighted by atomic mass is 16.5. The molecule has 3 aromatic rings. The number of ether oxygens (including phenoxy) is 1. The standard InChI is InChI=1S/C19H19N5O2/c25-19(13-24-6-8-26-9-7-24)23-18-10-17-15(12-21-18)3-4-16(22-17)14-2-1-5-20-11-14/h1-5,10-12H,6-9,13H2,(H,21,23,25)/i1D,2D,5D,11D. The third-order valence-electron chi connectivity index (χ3n) is 4.04. The van der Waals surface area contributed by atoms with Gasteiger partial charge in [-0.2, -0.15) is 0 Å². The van der Waals surface area contributed by atoms with Crippen LogP contribution in [0.4, 0.5) is 5.82 Å². The molecule has 26 heavy (non-hydrogen) atoms. The number of nitrogens with one attached hydrogen (secondary N) is 1. The average Bonchev–Trinajstić information content (AvgIpc) is 2.72. The molecule has 7 heteroatoms. The number of morpholine rings is 1. The molecule has 1 aliphatic heterocycles. The maximum absolute atomic E-state index is 12.3. The van der Waals surface area contributed by atoms with Gasteiger partial charge >= 0.3 is 0 Å². The molecule has 0 atom stereocenters. The second-order valence-corrected chi connectivity index (χ2v) is 5.86. The van der Waals surface area contributed by atoms with E-state index < -0.39 is 6.17 Å². The molecule has 1 amide bonds. The van der Waals surface area contributed by atoms with Crippen LogP contribution in [0.1, 0.15) is 5.48 Å². The van der Waals surface area contributed by atoms with Crippen molar-refractivity contribution in [3.63, 3.8) is 0 Å². The van der Waals surface area contributed by atoms with Crippen LogP contribution in [0, 0.1) is 0 Å². The molecule has 0 aliphatic carbocycles. The summed E-state index contributed by atoms with van der Waals surface area (Å²) in [6, 6.07) is 4.36. The quantitative estimate of drug-likeness (QED) is 0.772. The summed E-state index contributed by atoms with van der Waals surface area (Å²) in [5.41, 5.74) is 0.910. The normalized spacial score (nSPS) is 17.2. The maximum atomic E-state index is 12.3. The zero-order valence-corrected chi connectivity index (χ0v) is 14.0. The van der Waals surface area contributed by atoms with Gasteiger partial charge < -0.3 is 10.1 Å². The number of carbonyl (C=O) groups excluding carboxylic acids is 1. The lowest BCUT2D eigenvalue weighted by atomic mass is 10.1. The number of aromatic nitrogens is 3. The SMILES string of the molecule is [2H]c1nc([2H])c(-c2ccc3cnc(NC(=O)CN4CCOCC4)cc3n2)c([2H])c1[2H]. The molecule has 0 saturated carbocycles. The van der Waals surface area contributed by atoms with Gasteiger partial charge in [-0.3, -0.25) is 14.7 Å². The average molecular weight is 353 g/mol. The molecule has 0 unspecified atom stereocenters. The highest BCUT2D eigenvalue weighted by Crippen LogP contribution is 2.21. The molecule has 3 aromatic heterocycles. The topological polar surface area (TPSA) is 80.2 Å². The molecule has 0 bridgehead atoms. The van der Waals surface area contributed by atoms with Crippen molar-refractivity contribution in [3.8, 4) is 11.3 Å². The number of hydrogen-bond donors (Lipinski definition) is 1. The van der Waals surface area contributed by atoms with Gasteiger partial charge in [0.2, 0.25) is 5.91 Å². The first kappa shape index (κ1) is 12.5. The zero-order chi connectivity index (χ0) is 21.3. The molecule has 1 fully saturated rings. The lowest BCUT2D eigenvalue weighted by Gasteiger charge is -2.25. The van der Waals surface area contributed by atoms with Crippen LogP contribution in [0.3, 0.4) is 0 Å². The largest absolute Gasteiger partial charge is 0.379 e. The number of carbonyl (C=O) groups is 1. The van der Waals surface area contributed by atoms with Crippen LogP contribution < -0.4 is 5.32 Å². The number of anilines is 1. The highest BCUT2D eigenvalue weighted by molar-refractivity contribution is 5.93. The lowest BCUT2D eigenvalue weighted by molar-refractivity contribution is -0.118. The minimum Gasteiger partial charge on any atom is -0.379 e. The number of hydrogen-bond acceptors (Lipinski definition) is 6. The Kier molecular flexibility index (Phi) is 3.62. The van der Waals surface area contributed by atoms with E-state index in [-0.39, 0.29) is 36.3 Å². The summed E-state index contributed by atoms with van der Waals surface area (Å²) in [5.74, 6) is 0.166. The molecular weight excluding hydrogens is 330 g/mol. The van der Waals surface area contributed by atoms with Gasteiger partial charge in [-0.05, 0) is 24.2 Å². The Balaban J connectivity index is 1.60. The van der Waals surface area contributed by atoms with Crippen molar-refractivity contribution in [3.05, 3.63) is 48.8 Å². The van der Waals surface area contributed by atoms with E-state index in [1.165, 1.54) is 0 Å². The van der Waals surface area contributed by atoms with Crippen molar-refractivity contribution in [1.29, 1.82) is 0 Å². The van der Waals surface area contributed by atoms with Crippen LogP contribution in [0.2, 0.25) is 0 Å². The van der Waals surface area contributed by atoms with Gasteiger partial charge in [0.25, 0.3) is 0 Å². The Morgan fingerprint density at radius 2 is 2.23 bits per heavy atom. The van der Waals surface area contributed by atoms with Crippen LogP contribution in [0.15, 0.2) is 48.8 Å². The molecule has 0 spiro atoms. The van der Waals surface area contributed by atoms with E-state index in [0.29, 0.717) is 43.3 Å². The number of amides is 1. The summed E-state index contributed by atoms with van der Waals surface area (Å²) in [6.07, 6.45) is 0.894. The Hall–Kier alpha value is -2.90. The van der Waals surface area contributed by atoms with Gasteiger partial charge in [0.05, 0.1) is 36.5 Å². The van der Waals surface area contributed by atoms with Gasteiger partial charge in [-0.1, -0.05) is 0 Å². The molecular formula is C19H19N5O2. The third kappa shape index (κ3) is 3.84. The summed E-state index contributed by atoms with van der Waals surface area (Å²) in [7, 11) is 0. The fraction of sp³-hybridized carbons (Fsp3) is 0.263. The molecule has 4 rings (SSSR count). The Labute approximate surface area is 156 Å². The fourth-order valence-corrected chi connectivity index (χ4v) is 2.72. The second kappa shape index (κ2) is 7.55. The van der Waals surface area contributed by atoms with Gasteiger partial charge in [-0.15, -0.1) is 0 Å². The Morgan fingerprint density at radius 1 is 1.35 bits per heavy atom.